The highest BCUT2D eigenvalue weighted by molar-refractivity contribution is 6.18. The molecule has 3 nitrogen and oxygen atoms in total. The molecule has 0 heterocycles. The summed E-state index contributed by atoms with van der Waals surface area (Å²) in [5.74, 6) is 1.17. The van der Waals surface area contributed by atoms with Crippen molar-refractivity contribution >= 4 is 17.3 Å². The van der Waals surface area contributed by atoms with Gasteiger partial charge in [-0.25, -0.2) is 0 Å². The highest BCUT2D eigenvalue weighted by Gasteiger charge is 2.07. The van der Waals surface area contributed by atoms with E-state index in [0.717, 1.165) is 11.3 Å². The number of hydrogen-bond acceptors (Lipinski definition) is 3. The number of anilines is 1. The third-order valence-electron chi connectivity index (χ3n) is 1.99. The van der Waals surface area contributed by atoms with Gasteiger partial charge in [-0.3, -0.25) is 0 Å². The molecule has 0 bridgehead atoms. The molecule has 0 fully saturated rings. The summed E-state index contributed by atoms with van der Waals surface area (Å²) in [6.45, 7) is 4.94. The first-order valence-corrected chi connectivity index (χ1v) is 5.57. The molecule has 16 heavy (non-hydrogen) atoms. The highest BCUT2D eigenvalue weighted by atomic mass is 35.5. The fraction of sp³-hybridized carbons (Fsp3) is 0.333. The van der Waals surface area contributed by atoms with Gasteiger partial charge in [-0.15, -0.1) is 18.2 Å². The second-order valence-corrected chi connectivity index (χ2v) is 3.54. The molecule has 0 aliphatic heterocycles. The van der Waals surface area contributed by atoms with Crippen molar-refractivity contribution in [1.82, 2.24) is 0 Å². The van der Waals surface area contributed by atoms with Gasteiger partial charge in [0.05, 0.1) is 19.1 Å². The van der Waals surface area contributed by atoms with Crippen molar-refractivity contribution in [3.8, 4) is 5.75 Å². The van der Waals surface area contributed by atoms with E-state index in [0.29, 0.717) is 31.4 Å². The van der Waals surface area contributed by atoms with E-state index in [4.69, 9.17) is 26.8 Å². The molecule has 0 amide bonds. The zero-order chi connectivity index (χ0) is 11.8. The lowest BCUT2D eigenvalue weighted by molar-refractivity contribution is 0.146. The Labute approximate surface area is 101 Å². The van der Waals surface area contributed by atoms with Crippen LogP contribution in [0.25, 0.3) is 0 Å². The van der Waals surface area contributed by atoms with Gasteiger partial charge in [0.25, 0.3) is 0 Å². The van der Waals surface area contributed by atoms with E-state index in [-0.39, 0.29) is 0 Å². The van der Waals surface area contributed by atoms with Crippen LogP contribution in [0.5, 0.6) is 5.75 Å². The molecule has 0 aliphatic carbocycles. The molecule has 0 aliphatic rings. The fourth-order valence-corrected chi connectivity index (χ4v) is 1.34. The molecule has 0 spiro atoms. The third kappa shape index (κ3) is 3.76. The summed E-state index contributed by atoms with van der Waals surface area (Å²) >= 11 is 5.57. The molecule has 0 unspecified atom stereocenters. The lowest BCUT2D eigenvalue weighted by Crippen LogP contribution is -2.05. The van der Waals surface area contributed by atoms with Crippen LogP contribution in [0.1, 0.15) is 5.56 Å². The molecule has 0 saturated carbocycles. The van der Waals surface area contributed by atoms with Gasteiger partial charge in [0.1, 0.15) is 12.4 Å². The van der Waals surface area contributed by atoms with Gasteiger partial charge >= 0.3 is 0 Å². The first-order valence-electron chi connectivity index (χ1n) is 5.04. The quantitative estimate of drug-likeness (QED) is 0.345. The summed E-state index contributed by atoms with van der Waals surface area (Å²) in [5.41, 5.74) is 7.38. The molecular weight excluding hydrogens is 226 g/mol. The van der Waals surface area contributed by atoms with Gasteiger partial charge < -0.3 is 15.2 Å². The van der Waals surface area contributed by atoms with Crippen LogP contribution in [-0.2, 0) is 11.3 Å². The Balaban J connectivity index is 2.72. The van der Waals surface area contributed by atoms with E-state index in [9.17, 15) is 0 Å². The van der Waals surface area contributed by atoms with Crippen molar-refractivity contribution in [1.29, 1.82) is 0 Å². The van der Waals surface area contributed by atoms with Crippen LogP contribution >= 0.6 is 11.6 Å². The molecule has 0 atom stereocenters. The molecule has 4 heteroatoms. The predicted molar refractivity (Wildman–Crippen MR) is 66.9 cm³/mol. The minimum absolute atomic E-state index is 0.413. The lowest BCUT2D eigenvalue weighted by Gasteiger charge is -2.12. The lowest BCUT2D eigenvalue weighted by atomic mass is 10.1. The topological polar surface area (TPSA) is 44.5 Å². The smallest absolute Gasteiger partial charge is 0.126 e. The maximum absolute atomic E-state index is 5.86. The van der Waals surface area contributed by atoms with Crippen LogP contribution in [0.4, 0.5) is 5.69 Å². The molecule has 88 valence electrons. The van der Waals surface area contributed by atoms with Crippen LogP contribution in [0.2, 0.25) is 0 Å². The second kappa shape index (κ2) is 7.14. The normalized spacial score (nSPS) is 10.1. The van der Waals surface area contributed by atoms with Crippen molar-refractivity contribution in [2.75, 3.05) is 24.8 Å². The summed E-state index contributed by atoms with van der Waals surface area (Å²) in [5, 5.41) is 0. The Morgan fingerprint density at radius 3 is 2.94 bits per heavy atom. The van der Waals surface area contributed by atoms with Crippen molar-refractivity contribution in [3.05, 3.63) is 36.4 Å². The Kier molecular flexibility index (Phi) is 5.75. The van der Waals surface area contributed by atoms with E-state index in [2.05, 4.69) is 6.58 Å². The van der Waals surface area contributed by atoms with E-state index >= 15 is 0 Å². The van der Waals surface area contributed by atoms with Gasteiger partial charge in [-0.2, -0.15) is 0 Å². The molecule has 0 aromatic heterocycles. The first-order chi connectivity index (χ1) is 7.79. The van der Waals surface area contributed by atoms with Crippen LogP contribution in [0.3, 0.4) is 0 Å². The summed E-state index contributed by atoms with van der Waals surface area (Å²) in [6, 6.07) is 5.52. The summed E-state index contributed by atoms with van der Waals surface area (Å²) < 4.78 is 10.8. The number of nitrogen functional groups attached to an aromatic ring is 1. The average Bonchev–Trinajstić information content (AvgIpc) is 2.29. The first kappa shape index (κ1) is 12.9. The van der Waals surface area contributed by atoms with E-state index < -0.39 is 0 Å². The summed E-state index contributed by atoms with van der Waals surface area (Å²) in [4.78, 5) is 0. The molecule has 2 N–H and O–H groups in total. The SMILES string of the molecule is C=CCOCc1c(N)cccc1OCCCl. The Bertz CT molecular complexity index is 342. The van der Waals surface area contributed by atoms with Crippen molar-refractivity contribution < 1.29 is 9.47 Å². The van der Waals surface area contributed by atoms with Gasteiger partial charge in [-0.1, -0.05) is 12.1 Å². The summed E-state index contributed by atoms with van der Waals surface area (Å²) in [6.07, 6.45) is 1.69. The fourth-order valence-electron chi connectivity index (χ4n) is 1.27. The number of nitrogens with two attached hydrogens (primary N) is 1. The summed E-state index contributed by atoms with van der Waals surface area (Å²) in [7, 11) is 0. The number of ether oxygens (including phenoxy) is 2. The maximum atomic E-state index is 5.86. The third-order valence-corrected chi connectivity index (χ3v) is 2.14. The maximum Gasteiger partial charge on any atom is 0.126 e. The standard InChI is InChI=1S/C12H16ClNO2/c1-2-7-15-9-10-11(14)4-3-5-12(10)16-8-6-13/h2-5H,1,6-9,14H2. The van der Waals surface area contributed by atoms with Crippen molar-refractivity contribution in [2.24, 2.45) is 0 Å². The monoisotopic (exact) mass is 241 g/mol. The number of alkyl halides is 1. The minimum atomic E-state index is 0.413. The molecule has 0 saturated heterocycles. The van der Waals surface area contributed by atoms with Gasteiger partial charge in [0.15, 0.2) is 0 Å². The van der Waals surface area contributed by atoms with Crippen LogP contribution in [0.15, 0.2) is 30.9 Å². The Morgan fingerprint density at radius 2 is 2.25 bits per heavy atom. The van der Waals surface area contributed by atoms with Crippen LogP contribution in [0, 0.1) is 0 Å². The van der Waals surface area contributed by atoms with E-state index in [1.165, 1.54) is 0 Å². The van der Waals surface area contributed by atoms with Crippen molar-refractivity contribution in [2.45, 2.75) is 6.61 Å². The molecule has 0 radical (unpaired) electrons. The second-order valence-electron chi connectivity index (χ2n) is 3.17. The number of rotatable bonds is 7. The van der Waals surface area contributed by atoms with Crippen LogP contribution < -0.4 is 10.5 Å². The van der Waals surface area contributed by atoms with Gasteiger partial charge in [0.2, 0.25) is 0 Å². The highest BCUT2D eigenvalue weighted by Crippen LogP contribution is 2.25. The van der Waals surface area contributed by atoms with Crippen molar-refractivity contribution in [3.63, 3.8) is 0 Å². The Hall–Kier alpha value is -1.19. The molecule has 1 aromatic rings. The van der Waals surface area contributed by atoms with Crippen LogP contribution in [-0.4, -0.2) is 19.1 Å². The zero-order valence-electron chi connectivity index (χ0n) is 9.12. The zero-order valence-corrected chi connectivity index (χ0v) is 9.87. The van der Waals surface area contributed by atoms with E-state index in [1.807, 2.05) is 18.2 Å². The predicted octanol–water partition coefficient (Wildman–Crippen LogP) is 2.59. The average molecular weight is 242 g/mol. The molecular formula is C12H16ClNO2. The molecule has 1 aromatic carbocycles. The molecule has 1 rings (SSSR count). The largest absolute Gasteiger partial charge is 0.492 e. The number of halogens is 1. The van der Waals surface area contributed by atoms with E-state index in [1.54, 1.807) is 6.08 Å². The van der Waals surface area contributed by atoms with Gasteiger partial charge in [0, 0.05) is 11.3 Å². The number of benzene rings is 1. The van der Waals surface area contributed by atoms with Gasteiger partial charge in [-0.05, 0) is 12.1 Å². The minimum Gasteiger partial charge on any atom is -0.492 e. The Morgan fingerprint density at radius 1 is 1.44 bits per heavy atom. The number of hydrogen-bond donors (Lipinski definition) is 1.